The summed E-state index contributed by atoms with van der Waals surface area (Å²) in [6.07, 6.45) is 0. The number of amides is 1. The molecule has 4 nitrogen and oxygen atoms in total. The molecule has 134 valence electrons. The Bertz CT molecular complexity index is 1010. The molecule has 0 radical (unpaired) electrons. The lowest BCUT2D eigenvalue weighted by atomic mass is 10.0. The predicted molar refractivity (Wildman–Crippen MR) is 108 cm³/mol. The number of benzene rings is 3. The first-order chi connectivity index (χ1) is 13.0. The summed E-state index contributed by atoms with van der Waals surface area (Å²) < 4.78 is 0.934. The molecule has 0 saturated heterocycles. The second kappa shape index (κ2) is 8.10. The Balaban J connectivity index is 1.73. The molecule has 0 heterocycles. The van der Waals surface area contributed by atoms with E-state index in [1.165, 1.54) is 24.3 Å². The van der Waals surface area contributed by atoms with Gasteiger partial charge in [0.1, 0.15) is 0 Å². The van der Waals surface area contributed by atoms with Crippen molar-refractivity contribution >= 4 is 39.1 Å². The molecule has 1 N–H and O–H groups in total. The van der Waals surface area contributed by atoms with Crippen molar-refractivity contribution < 1.29 is 14.4 Å². The monoisotopic (exact) mass is 421 g/mol. The number of carbonyl (C=O) groups excluding carboxylic acids is 3. The molecule has 0 fully saturated rings. The van der Waals surface area contributed by atoms with Crippen molar-refractivity contribution in [1.82, 2.24) is 0 Å². The van der Waals surface area contributed by atoms with Crippen molar-refractivity contribution in [2.45, 2.75) is 6.92 Å². The first kappa shape index (κ1) is 18.7. The number of hydrogen-bond acceptors (Lipinski definition) is 3. The van der Waals surface area contributed by atoms with Crippen LogP contribution in [-0.4, -0.2) is 17.5 Å². The van der Waals surface area contributed by atoms with Crippen LogP contribution in [0.2, 0.25) is 0 Å². The summed E-state index contributed by atoms with van der Waals surface area (Å²) in [5.41, 5.74) is 2.64. The molecule has 5 heteroatoms. The maximum absolute atomic E-state index is 12.4. The summed E-state index contributed by atoms with van der Waals surface area (Å²) in [5, 5.41) is 2.84. The Labute approximate surface area is 165 Å². The first-order valence-corrected chi connectivity index (χ1v) is 9.06. The standard InChI is InChI=1S/C22H16BrNO3/c1-14-13-18(23)11-12-19(14)24-22(27)17-9-7-16(8-10-17)21(26)20(25)15-5-3-2-4-6-15/h2-13H,1H3,(H,24,27). The van der Waals surface area contributed by atoms with Gasteiger partial charge in [0.2, 0.25) is 11.6 Å². The number of carbonyl (C=O) groups is 3. The van der Waals surface area contributed by atoms with Crippen LogP contribution in [0.3, 0.4) is 0 Å². The van der Waals surface area contributed by atoms with Crippen LogP contribution in [0.4, 0.5) is 5.69 Å². The van der Waals surface area contributed by atoms with Crippen molar-refractivity contribution in [3.63, 3.8) is 0 Å². The number of hydrogen-bond donors (Lipinski definition) is 1. The zero-order chi connectivity index (χ0) is 19.4. The van der Waals surface area contributed by atoms with Crippen LogP contribution in [0.25, 0.3) is 0 Å². The zero-order valence-electron chi connectivity index (χ0n) is 14.5. The number of Topliss-reactive ketones (excluding diaryl/α,β-unsaturated/α-hetero) is 2. The van der Waals surface area contributed by atoms with Gasteiger partial charge >= 0.3 is 0 Å². The van der Waals surface area contributed by atoms with Crippen molar-refractivity contribution in [2.24, 2.45) is 0 Å². The van der Waals surface area contributed by atoms with E-state index < -0.39 is 11.6 Å². The normalized spacial score (nSPS) is 10.3. The van der Waals surface area contributed by atoms with E-state index >= 15 is 0 Å². The van der Waals surface area contributed by atoms with Crippen LogP contribution >= 0.6 is 15.9 Å². The predicted octanol–water partition coefficient (Wildman–Crippen LogP) is 5.08. The molecule has 3 aromatic rings. The van der Waals surface area contributed by atoms with Gasteiger partial charge in [0.05, 0.1) is 0 Å². The Hall–Kier alpha value is -3.05. The number of anilines is 1. The zero-order valence-corrected chi connectivity index (χ0v) is 16.1. The molecule has 0 aliphatic heterocycles. The molecule has 0 aromatic heterocycles. The minimum Gasteiger partial charge on any atom is -0.322 e. The Kier molecular flexibility index (Phi) is 5.62. The van der Waals surface area contributed by atoms with Gasteiger partial charge in [-0.1, -0.05) is 58.4 Å². The molecule has 3 rings (SSSR count). The smallest absolute Gasteiger partial charge is 0.255 e. The average Bonchev–Trinajstić information content (AvgIpc) is 2.69. The summed E-state index contributed by atoms with van der Waals surface area (Å²) in [6, 6.07) is 20.0. The van der Waals surface area contributed by atoms with Crippen LogP contribution in [0.1, 0.15) is 36.6 Å². The molecule has 27 heavy (non-hydrogen) atoms. The summed E-state index contributed by atoms with van der Waals surface area (Å²) in [4.78, 5) is 37.0. The highest BCUT2D eigenvalue weighted by Gasteiger charge is 2.18. The maximum atomic E-state index is 12.4. The third-order valence-electron chi connectivity index (χ3n) is 4.09. The van der Waals surface area contributed by atoms with Gasteiger partial charge in [0.15, 0.2) is 0 Å². The number of rotatable bonds is 5. The lowest BCUT2D eigenvalue weighted by Gasteiger charge is -2.09. The summed E-state index contributed by atoms with van der Waals surface area (Å²) in [7, 11) is 0. The minimum absolute atomic E-state index is 0.250. The van der Waals surface area contributed by atoms with Gasteiger partial charge < -0.3 is 5.32 Å². The van der Waals surface area contributed by atoms with Crippen LogP contribution in [0, 0.1) is 6.92 Å². The van der Waals surface area contributed by atoms with Crippen molar-refractivity contribution in [1.29, 1.82) is 0 Å². The van der Waals surface area contributed by atoms with E-state index in [1.54, 1.807) is 30.3 Å². The van der Waals surface area contributed by atoms with E-state index in [9.17, 15) is 14.4 Å². The van der Waals surface area contributed by atoms with E-state index in [4.69, 9.17) is 0 Å². The van der Waals surface area contributed by atoms with Crippen molar-refractivity contribution in [3.8, 4) is 0 Å². The van der Waals surface area contributed by atoms with E-state index in [1.807, 2.05) is 25.1 Å². The van der Waals surface area contributed by atoms with Crippen LogP contribution in [0.5, 0.6) is 0 Å². The highest BCUT2D eigenvalue weighted by molar-refractivity contribution is 9.10. The molecule has 0 aliphatic rings. The fourth-order valence-electron chi connectivity index (χ4n) is 2.59. The highest BCUT2D eigenvalue weighted by Crippen LogP contribution is 2.21. The number of aryl methyl sites for hydroxylation is 1. The Morgan fingerprint density at radius 1 is 0.741 bits per heavy atom. The second-order valence-electron chi connectivity index (χ2n) is 6.01. The van der Waals surface area contributed by atoms with Gasteiger partial charge in [0, 0.05) is 26.9 Å². The topological polar surface area (TPSA) is 63.2 Å². The SMILES string of the molecule is Cc1cc(Br)ccc1NC(=O)c1ccc(C(=O)C(=O)c2ccccc2)cc1. The third kappa shape index (κ3) is 4.38. The van der Waals surface area contributed by atoms with E-state index in [-0.39, 0.29) is 11.5 Å². The molecule has 0 aliphatic carbocycles. The quantitative estimate of drug-likeness (QED) is 0.461. The molecular formula is C22H16BrNO3. The third-order valence-corrected chi connectivity index (χ3v) is 4.58. The summed E-state index contributed by atoms with van der Waals surface area (Å²) in [5.74, 6) is -1.45. The number of nitrogens with one attached hydrogen (secondary N) is 1. The molecule has 0 saturated carbocycles. The first-order valence-electron chi connectivity index (χ1n) is 8.27. The summed E-state index contributed by atoms with van der Waals surface area (Å²) in [6.45, 7) is 1.90. The number of halogens is 1. The van der Waals surface area contributed by atoms with Crippen LogP contribution in [-0.2, 0) is 0 Å². The molecule has 0 spiro atoms. The molecule has 3 aromatic carbocycles. The summed E-state index contributed by atoms with van der Waals surface area (Å²) >= 11 is 3.39. The molecule has 0 bridgehead atoms. The fraction of sp³-hybridized carbons (Fsp3) is 0.0455. The average molecular weight is 422 g/mol. The Morgan fingerprint density at radius 3 is 1.89 bits per heavy atom. The lowest BCUT2D eigenvalue weighted by molar-refractivity contribution is 0.0817. The van der Waals surface area contributed by atoms with Crippen molar-refractivity contribution in [2.75, 3.05) is 5.32 Å². The molecule has 0 atom stereocenters. The van der Waals surface area contributed by atoms with Crippen LogP contribution in [0.15, 0.2) is 77.3 Å². The van der Waals surface area contributed by atoms with Gasteiger partial charge in [-0.05, 0) is 42.8 Å². The van der Waals surface area contributed by atoms with Crippen molar-refractivity contribution in [3.05, 3.63) is 99.5 Å². The molecular weight excluding hydrogens is 406 g/mol. The highest BCUT2D eigenvalue weighted by atomic mass is 79.9. The van der Waals surface area contributed by atoms with E-state index in [0.29, 0.717) is 16.8 Å². The van der Waals surface area contributed by atoms with Gasteiger partial charge in [0.25, 0.3) is 5.91 Å². The van der Waals surface area contributed by atoms with Crippen LogP contribution < -0.4 is 5.32 Å². The second-order valence-corrected chi connectivity index (χ2v) is 6.93. The fourth-order valence-corrected chi connectivity index (χ4v) is 3.06. The maximum Gasteiger partial charge on any atom is 0.255 e. The van der Waals surface area contributed by atoms with Gasteiger partial charge in [-0.3, -0.25) is 14.4 Å². The lowest BCUT2D eigenvalue weighted by Crippen LogP contribution is -2.16. The molecule has 0 unspecified atom stereocenters. The molecule has 1 amide bonds. The van der Waals surface area contributed by atoms with E-state index in [2.05, 4.69) is 21.2 Å². The van der Waals surface area contributed by atoms with E-state index in [0.717, 1.165) is 10.0 Å². The van der Waals surface area contributed by atoms with Gasteiger partial charge in [-0.2, -0.15) is 0 Å². The Morgan fingerprint density at radius 2 is 1.30 bits per heavy atom. The van der Waals surface area contributed by atoms with Gasteiger partial charge in [-0.25, -0.2) is 0 Å². The van der Waals surface area contributed by atoms with Gasteiger partial charge in [-0.15, -0.1) is 0 Å². The number of ketones is 2. The largest absolute Gasteiger partial charge is 0.322 e. The minimum atomic E-state index is -0.600.